The van der Waals surface area contributed by atoms with Crippen molar-refractivity contribution in [2.24, 2.45) is 11.5 Å². The van der Waals surface area contributed by atoms with E-state index < -0.39 is 0 Å². The lowest BCUT2D eigenvalue weighted by atomic mass is 10.1. The van der Waals surface area contributed by atoms with Gasteiger partial charge in [0.25, 0.3) is 0 Å². The van der Waals surface area contributed by atoms with Gasteiger partial charge in [-0.3, -0.25) is 4.79 Å². The standard InChI is InChI=1S/C14H33N5O/c1-17-8-4-6-13(16)12-14(20)19-11-5-10-18-9-3-2-7-15/h13,17-18H,2-12,15-16H2,1H3,(H,19,20). The Morgan fingerprint density at radius 2 is 1.80 bits per heavy atom. The highest BCUT2D eigenvalue weighted by Gasteiger charge is 2.08. The summed E-state index contributed by atoms with van der Waals surface area (Å²) in [5, 5.41) is 9.31. The van der Waals surface area contributed by atoms with Crippen LogP contribution in [0.3, 0.4) is 0 Å². The number of carbonyl (C=O) groups excluding carboxylic acids is 1. The molecular formula is C14H33N5O. The fraction of sp³-hybridized carbons (Fsp3) is 0.929. The van der Waals surface area contributed by atoms with Gasteiger partial charge in [0.1, 0.15) is 0 Å². The minimum absolute atomic E-state index is 0.0299. The summed E-state index contributed by atoms with van der Waals surface area (Å²) in [6, 6.07) is -0.0299. The average molecular weight is 287 g/mol. The van der Waals surface area contributed by atoms with Crippen LogP contribution in [0, 0.1) is 0 Å². The van der Waals surface area contributed by atoms with Gasteiger partial charge in [-0.2, -0.15) is 0 Å². The van der Waals surface area contributed by atoms with Crippen molar-refractivity contribution >= 4 is 5.91 Å². The van der Waals surface area contributed by atoms with Gasteiger partial charge in [0.05, 0.1) is 0 Å². The lowest BCUT2D eigenvalue weighted by molar-refractivity contribution is -0.121. The first kappa shape index (κ1) is 19.3. The van der Waals surface area contributed by atoms with Gasteiger partial charge in [0, 0.05) is 19.0 Å². The molecule has 0 fully saturated rings. The van der Waals surface area contributed by atoms with Crippen molar-refractivity contribution in [2.45, 2.75) is 44.6 Å². The quantitative estimate of drug-likeness (QED) is 0.278. The normalized spacial score (nSPS) is 12.3. The molecule has 0 aromatic carbocycles. The summed E-state index contributed by atoms with van der Waals surface area (Å²) < 4.78 is 0. The maximum absolute atomic E-state index is 11.6. The predicted molar refractivity (Wildman–Crippen MR) is 84.5 cm³/mol. The summed E-state index contributed by atoms with van der Waals surface area (Å²) in [4.78, 5) is 11.6. The van der Waals surface area contributed by atoms with Crippen LogP contribution in [0.15, 0.2) is 0 Å². The first-order valence-corrected chi connectivity index (χ1v) is 7.78. The van der Waals surface area contributed by atoms with E-state index in [0.717, 1.165) is 58.3 Å². The fourth-order valence-electron chi connectivity index (χ4n) is 1.91. The highest BCUT2D eigenvalue weighted by molar-refractivity contribution is 5.76. The molecule has 120 valence electrons. The zero-order valence-electron chi connectivity index (χ0n) is 12.9. The van der Waals surface area contributed by atoms with Crippen molar-refractivity contribution in [1.29, 1.82) is 0 Å². The van der Waals surface area contributed by atoms with E-state index in [0.29, 0.717) is 13.0 Å². The molecule has 0 saturated heterocycles. The number of amides is 1. The maximum atomic E-state index is 11.6. The van der Waals surface area contributed by atoms with Crippen molar-refractivity contribution in [3.8, 4) is 0 Å². The number of hydrogen-bond donors (Lipinski definition) is 5. The molecule has 7 N–H and O–H groups in total. The minimum Gasteiger partial charge on any atom is -0.356 e. The molecular weight excluding hydrogens is 254 g/mol. The zero-order chi connectivity index (χ0) is 15.1. The SMILES string of the molecule is CNCCCC(N)CC(=O)NCCCNCCCCN. The molecule has 0 aliphatic heterocycles. The van der Waals surface area contributed by atoms with Crippen LogP contribution in [0.25, 0.3) is 0 Å². The zero-order valence-corrected chi connectivity index (χ0v) is 12.9. The summed E-state index contributed by atoms with van der Waals surface area (Å²) in [7, 11) is 1.92. The maximum Gasteiger partial charge on any atom is 0.221 e. The molecule has 6 heteroatoms. The molecule has 0 radical (unpaired) electrons. The number of nitrogens with two attached hydrogens (primary N) is 2. The van der Waals surface area contributed by atoms with Crippen molar-refractivity contribution in [3.05, 3.63) is 0 Å². The minimum atomic E-state index is -0.0299. The van der Waals surface area contributed by atoms with E-state index in [-0.39, 0.29) is 11.9 Å². The second kappa shape index (κ2) is 14.7. The highest BCUT2D eigenvalue weighted by atomic mass is 16.1. The fourth-order valence-corrected chi connectivity index (χ4v) is 1.91. The van der Waals surface area contributed by atoms with E-state index in [1.807, 2.05) is 7.05 Å². The van der Waals surface area contributed by atoms with Gasteiger partial charge < -0.3 is 27.4 Å². The number of unbranched alkanes of at least 4 members (excludes halogenated alkanes) is 1. The smallest absolute Gasteiger partial charge is 0.221 e. The van der Waals surface area contributed by atoms with Crippen LogP contribution in [0.1, 0.15) is 38.5 Å². The van der Waals surface area contributed by atoms with Crippen LogP contribution in [0.2, 0.25) is 0 Å². The van der Waals surface area contributed by atoms with Gasteiger partial charge in [-0.05, 0) is 65.3 Å². The Hall–Kier alpha value is -0.690. The van der Waals surface area contributed by atoms with Crippen LogP contribution >= 0.6 is 0 Å². The monoisotopic (exact) mass is 287 g/mol. The van der Waals surface area contributed by atoms with Crippen LogP contribution < -0.4 is 27.4 Å². The van der Waals surface area contributed by atoms with Gasteiger partial charge in [0.15, 0.2) is 0 Å². The Morgan fingerprint density at radius 1 is 1.05 bits per heavy atom. The summed E-state index contributed by atoms with van der Waals surface area (Å²) >= 11 is 0. The highest BCUT2D eigenvalue weighted by Crippen LogP contribution is 1.98. The van der Waals surface area contributed by atoms with Crippen LogP contribution in [-0.4, -0.2) is 51.7 Å². The molecule has 0 aliphatic rings. The molecule has 6 nitrogen and oxygen atoms in total. The van der Waals surface area contributed by atoms with Gasteiger partial charge >= 0.3 is 0 Å². The third kappa shape index (κ3) is 13.7. The number of hydrogen-bond acceptors (Lipinski definition) is 5. The van der Waals surface area contributed by atoms with E-state index >= 15 is 0 Å². The second-order valence-corrected chi connectivity index (χ2v) is 5.16. The number of carbonyl (C=O) groups is 1. The number of nitrogens with one attached hydrogen (secondary N) is 3. The molecule has 20 heavy (non-hydrogen) atoms. The van der Waals surface area contributed by atoms with Crippen molar-refractivity contribution < 1.29 is 4.79 Å². The molecule has 0 aliphatic carbocycles. The van der Waals surface area contributed by atoms with Crippen LogP contribution in [-0.2, 0) is 4.79 Å². The summed E-state index contributed by atoms with van der Waals surface area (Å²) in [6.07, 6.45) is 5.45. The molecule has 1 atom stereocenters. The molecule has 0 rings (SSSR count). The molecule has 0 aromatic rings. The Balaban J connectivity index is 3.31. The van der Waals surface area contributed by atoms with E-state index in [9.17, 15) is 4.79 Å². The van der Waals surface area contributed by atoms with E-state index in [1.54, 1.807) is 0 Å². The molecule has 0 bridgehead atoms. The Bertz CT molecular complexity index is 226. The first-order chi connectivity index (χ1) is 9.70. The van der Waals surface area contributed by atoms with Gasteiger partial charge in [-0.1, -0.05) is 0 Å². The molecule has 1 unspecified atom stereocenters. The summed E-state index contributed by atoms with van der Waals surface area (Å²) in [5.74, 6) is 0.0603. The largest absolute Gasteiger partial charge is 0.356 e. The molecule has 0 spiro atoms. The Kier molecular flexibility index (Phi) is 14.2. The third-order valence-corrected chi connectivity index (χ3v) is 3.11. The van der Waals surface area contributed by atoms with Crippen LogP contribution in [0.4, 0.5) is 0 Å². The number of rotatable bonds is 14. The predicted octanol–water partition coefficient (Wildman–Crippen LogP) is -0.462. The second-order valence-electron chi connectivity index (χ2n) is 5.16. The summed E-state index contributed by atoms with van der Waals surface area (Å²) in [5.41, 5.74) is 11.3. The van der Waals surface area contributed by atoms with Gasteiger partial charge in [-0.15, -0.1) is 0 Å². The topological polar surface area (TPSA) is 105 Å². The van der Waals surface area contributed by atoms with Crippen molar-refractivity contribution in [1.82, 2.24) is 16.0 Å². The Morgan fingerprint density at radius 3 is 2.50 bits per heavy atom. The first-order valence-electron chi connectivity index (χ1n) is 7.78. The van der Waals surface area contributed by atoms with E-state index in [4.69, 9.17) is 11.5 Å². The van der Waals surface area contributed by atoms with Gasteiger partial charge in [0.2, 0.25) is 5.91 Å². The van der Waals surface area contributed by atoms with E-state index in [1.165, 1.54) is 0 Å². The lowest BCUT2D eigenvalue weighted by Crippen LogP contribution is -2.33. The van der Waals surface area contributed by atoms with Gasteiger partial charge in [-0.25, -0.2) is 0 Å². The molecule has 0 saturated carbocycles. The van der Waals surface area contributed by atoms with Crippen molar-refractivity contribution in [2.75, 3.05) is 39.8 Å². The Labute approximate surface area is 123 Å². The molecule has 1 amide bonds. The molecule has 0 aromatic heterocycles. The molecule has 0 heterocycles. The summed E-state index contributed by atoms with van der Waals surface area (Å²) in [6.45, 7) is 4.35. The van der Waals surface area contributed by atoms with Crippen LogP contribution in [0.5, 0.6) is 0 Å². The van der Waals surface area contributed by atoms with Crippen molar-refractivity contribution in [3.63, 3.8) is 0 Å². The van der Waals surface area contributed by atoms with E-state index in [2.05, 4.69) is 16.0 Å². The average Bonchev–Trinajstić information content (AvgIpc) is 2.42. The lowest BCUT2D eigenvalue weighted by Gasteiger charge is -2.11. The third-order valence-electron chi connectivity index (χ3n) is 3.11.